The number of nitrogens with one attached hydrogen (secondary N) is 1. The fraction of sp³-hybridized carbons (Fsp3) is 0.462. The summed E-state index contributed by atoms with van der Waals surface area (Å²) in [5, 5.41) is 13.8. The SMILES string of the molecule is CCCC(c1nnnn1Cc1ccco1)N(Cc1cc2ccc(C)cc2[nH]c1=O)C1CCCC1. The zero-order valence-electron chi connectivity index (χ0n) is 19.9. The summed E-state index contributed by atoms with van der Waals surface area (Å²) in [5.74, 6) is 1.65. The summed E-state index contributed by atoms with van der Waals surface area (Å²) in [4.78, 5) is 18.7. The molecule has 8 heteroatoms. The molecule has 1 N–H and O–H groups in total. The lowest BCUT2D eigenvalue weighted by Crippen LogP contribution is -2.39. The topological polar surface area (TPSA) is 92.8 Å². The van der Waals surface area contributed by atoms with Crippen LogP contribution in [0.5, 0.6) is 0 Å². The number of H-pyrrole nitrogens is 1. The molecule has 0 radical (unpaired) electrons. The first-order chi connectivity index (χ1) is 16.6. The summed E-state index contributed by atoms with van der Waals surface area (Å²) in [6.07, 6.45) is 8.26. The van der Waals surface area contributed by atoms with Crippen LogP contribution in [-0.2, 0) is 13.1 Å². The zero-order valence-corrected chi connectivity index (χ0v) is 19.9. The number of aryl methyl sites for hydroxylation is 1. The number of fused-ring (bicyclic) bond motifs is 1. The molecule has 1 aliphatic carbocycles. The van der Waals surface area contributed by atoms with Crippen molar-refractivity contribution in [2.24, 2.45) is 0 Å². The maximum Gasteiger partial charge on any atom is 0.252 e. The number of furan rings is 1. The van der Waals surface area contributed by atoms with E-state index in [9.17, 15) is 4.79 Å². The minimum absolute atomic E-state index is 0.0196. The number of aromatic amines is 1. The van der Waals surface area contributed by atoms with Crippen LogP contribution in [0.4, 0.5) is 0 Å². The molecule has 0 aliphatic heterocycles. The molecule has 0 spiro atoms. The molecule has 1 unspecified atom stereocenters. The molecule has 1 aromatic carbocycles. The van der Waals surface area contributed by atoms with Gasteiger partial charge in [-0.25, -0.2) is 4.68 Å². The second kappa shape index (κ2) is 9.93. The quantitative estimate of drug-likeness (QED) is 0.387. The average molecular weight is 461 g/mol. The van der Waals surface area contributed by atoms with Crippen LogP contribution in [0.15, 0.2) is 51.9 Å². The maximum absolute atomic E-state index is 13.1. The minimum atomic E-state index is -0.0217. The van der Waals surface area contributed by atoms with Gasteiger partial charge in [-0.3, -0.25) is 9.69 Å². The molecular formula is C26H32N6O2. The van der Waals surface area contributed by atoms with Crippen LogP contribution in [0.25, 0.3) is 10.9 Å². The Labute approximate surface area is 199 Å². The van der Waals surface area contributed by atoms with E-state index < -0.39 is 0 Å². The van der Waals surface area contributed by atoms with Gasteiger partial charge in [0.1, 0.15) is 12.3 Å². The Balaban J connectivity index is 1.51. The van der Waals surface area contributed by atoms with Gasteiger partial charge in [0.15, 0.2) is 5.82 Å². The molecule has 0 bridgehead atoms. The molecule has 8 nitrogen and oxygen atoms in total. The van der Waals surface area contributed by atoms with Gasteiger partial charge in [-0.1, -0.05) is 38.3 Å². The second-order valence-electron chi connectivity index (χ2n) is 9.40. The maximum atomic E-state index is 13.1. The molecule has 1 atom stereocenters. The summed E-state index contributed by atoms with van der Waals surface area (Å²) < 4.78 is 7.39. The smallest absolute Gasteiger partial charge is 0.252 e. The second-order valence-corrected chi connectivity index (χ2v) is 9.40. The Hall–Kier alpha value is -3.26. The summed E-state index contributed by atoms with van der Waals surface area (Å²) in [6, 6.07) is 12.5. The van der Waals surface area contributed by atoms with Crippen molar-refractivity contribution >= 4 is 10.9 Å². The lowest BCUT2D eigenvalue weighted by atomic mass is 10.0. The summed E-state index contributed by atoms with van der Waals surface area (Å²) >= 11 is 0. The van der Waals surface area contributed by atoms with E-state index in [0.29, 0.717) is 19.1 Å². The fourth-order valence-corrected chi connectivity index (χ4v) is 5.23. The molecular weight excluding hydrogens is 428 g/mol. The Kier molecular flexibility index (Phi) is 6.58. The molecule has 1 fully saturated rings. The molecule has 1 saturated carbocycles. The lowest BCUT2D eigenvalue weighted by molar-refractivity contribution is 0.108. The third kappa shape index (κ3) is 4.68. The summed E-state index contributed by atoms with van der Waals surface area (Å²) in [6.45, 7) is 5.29. The molecule has 0 amide bonds. The normalized spacial score (nSPS) is 15.5. The van der Waals surface area contributed by atoms with Crippen LogP contribution in [0, 0.1) is 6.92 Å². The Morgan fingerprint density at radius 1 is 1.24 bits per heavy atom. The third-order valence-electron chi connectivity index (χ3n) is 6.93. The number of pyridine rings is 1. The van der Waals surface area contributed by atoms with Crippen LogP contribution in [-0.4, -0.2) is 36.1 Å². The minimum Gasteiger partial charge on any atom is -0.467 e. The predicted molar refractivity (Wildman–Crippen MR) is 130 cm³/mol. The molecule has 0 saturated heterocycles. The van der Waals surface area contributed by atoms with Gasteiger partial charge < -0.3 is 9.40 Å². The van der Waals surface area contributed by atoms with E-state index in [2.05, 4.69) is 44.5 Å². The Bertz CT molecular complexity index is 1290. The van der Waals surface area contributed by atoms with Crippen LogP contribution in [0.1, 0.15) is 74.2 Å². The van der Waals surface area contributed by atoms with Crippen molar-refractivity contribution in [3.8, 4) is 0 Å². The van der Waals surface area contributed by atoms with Gasteiger partial charge in [-0.05, 0) is 71.8 Å². The number of nitrogens with zero attached hydrogens (tertiary/aromatic N) is 5. The van der Waals surface area contributed by atoms with Gasteiger partial charge in [0.2, 0.25) is 0 Å². The van der Waals surface area contributed by atoms with Crippen molar-refractivity contribution in [3.05, 3.63) is 75.7 Å². The molecule has 3 heterocycles. The van der Waals surface area contributed by atoms with Gasteiger partial charge in [-0.15, -0.1) is 5.10 Å². The fourth-order valence-electron chi connectivity index (χ4n) is 5.23. The van der Waals surface area contributed by atoms with E-state index in [1.807, 2.05) is 35.9 Å². The average Bonchev–Trinajstić information content (AvgIpc) is 3.60. The van der Waals surface area contributed by atoms with Crippen molar-refractivity contribution in [3.63, 3.8) is 0 Å². The first-order valence-corrected chi connectivity index (χ1v) is 12.3. The number of hydrogen-bond acceptors (Lipinski definition) is 6. The van der Waals surface area contributed by atoms with Crippen molar-refractivity contribution in [2.75, 3.05) is 0 Å². The molecule has 3 aromatic heterocycles. The molecule has 1 aliphatic rings. The van der Waals surface area contributed by atoms with Crippen molar-refractivity contribution in [1.29, 1.82) is 0 Å². The van der Waals surface area contributed by atoms with E-state index in [1.165, 1.54) is 12.8 Å². The summed E-state index contributed by atoms with van der Waals surface area (Å²) in [5.41, 5.74) is 2.78. The highest BCUT2D eigenvalue weighted by Crippen LogP contribution is 2.34. The lowest BCUT2D eigenvalue weighted by Gasteiger charge is -2.35. The predicted octanol–water partition coefficient (Wildman–Crippen LogP) is 4.75. The van der Waals surface area contributed by atoms with Crippen LogP contribution < -0.4 is 5.56 Å². The summed E-state index contributed by atoms with van der Waals surface area (Å²) in [7, 11) is 0. The van der Waals surface area contributed by atoms with E-state index in [-0.39, 0.29) is 11.6 Å². The Morgan fingerprint density at radius 2 is 2.09 bits per heavy atom. The monoisotopic (exact) mass is 460 g/mol. The van der Waals surface area contributed by atoms with Crippen LogP contribution >= 0.6 is 0 Å². The molecule has 34 heavy (non-hydrogen) atoms. The van der Waals surface area contributed by atoms with E-state index in [4.69, 9.17) is 4.42 Å². The van der Waals surface area contributed by atoms with Crippen molar-refractivity contribution < 1.29 is 4.42 Å². The molecule has 178 valence electrons. The van der Waals surface area contributed by atoms with Gasteiger partial charge in [0.25, 0.3) is 5.56 Å². The van der Waals surface area contributed by atoms with E-state index in [1.54, 1.807) is 6.26 Å². The van der Waals surface area contributed by atoms with E-state index >= 15 is 0 Å². The first-order valence-electron chi connectivity index (χ1n) is 12.3. The highest BCUT2D eigenvalue weighted by molar-refractivity contribution is 5.79. The van der Waals surface area contributed by atoms with Crippen molar-refractivity contribution in [1.82, 2.24) is 30.1 Å². The number of hydrogen-bond donors (Lipinski definition) is 1. The number of tetrazole rings is 1. The highest BCUT2D eigenvalue weighted by Gasteiger charge is 2.33. The number of rotatable bonds is 9. The third-order valence-corrected chi connectivity index (χ3v) is 6.93. The standard InChI is InChI=1S/C26H32N6O2/c1-3-7-24(25-28-29-30-32(25)17-22-10-6-13-34-22)31(21-8-4-5-9-21)16-20-15-19-12-11-18(2)14-23(19)27-26(20)33/h6,10-15,21,24H,3-5,7-9,16-17H2,1-2H3,(H,27,33). The molecule has 4 aromatic rings. The van der Waals surface area contributed by atoms with Gasteiger partial charge >= 0.3 is 0 Å². The largest absolute Gasteiger partial charge is 0.467 e. The van der Waals surface area contributed by atoms with Crippen molar-refractivity contribution in [2.45, 2.75) is 77.5 Å². The number of aromatic nitrogens is 5. The highest BCUT2D eigenvalue weighted by atomic mass is 16.3. The number of benzene rings is 1. The first kappa shape index (κ1) is 22.5. The van der Waals surface area contributed by atoms with Crippen LogP contribution in [0.3, 0.4) is 0 Å². The van der Waals surface area contributed by atoms with Gasteiger partial charge in [0, 0.05) is 23.7 Å². The van der Waals surface area contributed by atoms with Gasteiger partial charge in [-0.2, -0.15) is 0 Å². The Morgan fingerprint density at radius 3 is 2.85 bits per heavy atom. The van der Waals surface area contributed by atoms with E-state index in [0.717, 1.165) is 59.3 Å². The molecule has 5 rings (SSSR count). The zero-order chi connectivity index (χ0) is 23.5. The van der Waals surface area contributed by atoms with Crippen LogP contribution in [0.2, 0.25) is 0 Å². The van der Waals surface area contributed by atoms with Gasteiger partial charge in [0.05, 0.1) is 12.3 Å².